The Morgan fingerprint density at radius 2 is 2.00 bits per heavy atom. The molecule has 0 atom stereocenters. The lowest BCUT2D eigenvalue weighted by molar-refractivity contribution is 0.873. The van der Waals surface area contributed by atoms with Gasteiger partial charge in [-0.2, -0.15) is 10.4 Å². The van der Waals surface area contributed by atoms with Crippen LogP contribution < -0.4 is 5.32 Å². The molecule has 1 aromatic heterocycles. The van der Waals surface area contributed by atoms with E-state index in [-0.39, 0.29) is 0 Å². The van der Waals surface area contributed by atoms with Crippen molar-refractivity contribution in [2.24, 2.45) is 0 Å². The van der Waals surface area contributed by atoms with Crippen molar-refractivity contribution in [3.8, 4) is 6.07 Å². The largest absolute Gasteiger partial charge is 0.364 e. The van der Waals surface area contributed by atoms with Crippen molar-refractivity contribution in [2.75, 3.05) is 11.9 Å². The Labute approximate surface area is 109 Å². The molecule has 1 heterocycles. The van der Waals surface area contributed by atoms with Crippen molar-refractivity contribution in [3.05, 3.63) is 28.5 Å². The summed E-state index contributed by atoms with van der Waals surface area (Å²) < 4.78 is 0. The average molecular weight is 244 g/mol. The summed E-state index contributed by atoms with van der Waals surface area (Å²) in [5, 5.41) is 20.7. The molecule has 4 nitrogen and oxygen atoms in total. The molecule has 4 heteroatoms. The van der Waals surface area contributed by atoms with E-state index in [9.17, 15) is 5.26 Å². The number of aryl methyl sites for hydroxylation is 1. The fourth-order valence-electron chi connectivity index (χ4n) is 1.77. The first-order valence-electron chi connectivity index (χ1n) is 6.29. The van der Waals surface area contributed by atoms with E-state index in [1.165, 1.54) is 5.57 Å². The van der Waals surface area contributed by atoms with Crippen molar-refractivity contribution < 1.29 is 0 Å². The zero-order chi connectivity index (χ0) is 13.5. The first-order valence-corrected chi connectivity index (χ1v) is 6.29. The van der Waals surface area contributed by atoms with Crippen LogP contribution in [-0.2, 0) is 12.8 Å². The summed E-state index contributed by atoms with van der Waals surface area (Å²) in [5.41, 5.74) is 3.79. The molecule has 0 amide bonds. The van der Waals surface area contributed by atoms with Gasteiger partial charge in [0.1, 0.15) is 11.6 Å². The molecule has 0 aromatic carbocycles. The van der Waals surface area contributed by atoms with Gasteiger partial charge in [0, 0.05) is 6.54 Å². The van der Waals surface area contributed by atoms with Gasteiger partial charge in [-0.25, -0.2) is 0 Å². The number of allylic oxidation sites excluding steroid dienone is 1. The van der Waals surface area contributed by atoms with E-state index in [0.29, 0.717) is 17.9 Å². The number of hydrogen-bond donors (Lipinski definition) is 1. The standard InChI is InChI=1S/C14H20N4/c1-5-11-12(9-15)14(16-8-7-10(3)4)18-17-13(11)6-2/h7H,5-6,8H2,1-4H3,(H,16,18). The molecule has 0 fully saturated rings. The van der Waals surface area contributed by atoms with Gasteiger partial charge in [0.05, 0.1) is 5.69 Å². The predicted molar refractivity (Wildman–Crippen MR) is 73.4 cm³/mol. The van der Waals surface area contributed by atoms with E-state index < -0.39 is 0 Å². The van der Waals surface area contributed by atoms with Crippen LogP contribution in [0, 0.1) is 11.3 Å². The quantitative estimate of drug-likeness (QED) is 0.809. The molecular weight excluding hydrogens is 224 g/mol. The Hall–Kier alpha value is -1.89. The Morgan fingerprint density at radius 1 is 1.28 bits per heavy atom. The second-order valence-corrected chi connectivity index (χ2v) is 4.33. The summed E-state index contributed by atoms with van der Waals surface area (Å²) in [7, 11) is 0. The van der Waals surface area contributed by atoms with Gasteiger partial charge in [-0.3, -0.25) is 0 Å². The topological polar surface area (TPSA) is 61.6 Å². The van der Waals surface area contributed by atoms with Gasteiger partial charge in [-0.15, -0.1) is 5.10 Å². The summed E-state index contributed by atoms with van der Waals surface area (Å²) >= 11 is 0. The molecule has 0 spiro atoms. The third kappa shape index (κ3) is 3.30. The van der Waals surface area contributed by atoms with Gasteiger partial charge in [0.15, 0.2) is 5.82 Å². The van der Waals surface area contributed by atoms with Gasteiger partial charge in [0.2, 0.25) is 0 Å². The maximum Gasteiger partial charge on any atom is 0.167 e. The molecule has 0 unspecified atom stereocenters. The van der Waals surface area contributed by atoms with Gasteiger partial charge in [0.25, 0.3) is 0 Å². The molecule has 1 rings (SSSR count). The lowest BCUT2D eigenvalue weighted by atomic mass is 10.0. The molecule has 0 radical (unpaired) electrons. The number of hydrogen-bond acceptors (Lipinski definition) is 4. The Bertz CT molecular complexity index is 479. The molecule has 0 saturated heterocycles. The Morgan fingerprint density at radius 3 is 2.50 bits per heavy atom. The van der Waals surface area contributed by atoms with Gasteiger partial charge >= 0.3 is 0 Å². The summed E-state index contributed by atoms with van der Waals surface area (Å²) in [6.45, 7) is 8.81. The third-order valence-electron chi connectivity index (χ3n) is 2.74. The lowest BCUT2D eigenvalue weighted by Crippen LogP contribution is -2.10. The highest BCUT2D eigenvalue weighted by Crippen LogP contribution is 2.19. The number of aromatic nitrogens is 2. The smallest absolute Gasteiger partial charge is 0.167 e. The molecule has 0 bridgehead atoms. The zero-order valence-corrected chi connectivity index (χ0v) is 11.5. The fourth-order valence-corrected chi connectivity index (χ4v) is 1.77. The van der Waals surface area contributed by atoms with Crippen LogP contribution in [0.1, 0.15) is 44.5 Å². The maximum absolute atomic E-state index is 9.29. The minimum Gasteiger partial charge on any atom is -0.364 e. The van der Waals surface area contributed by atoms with Crippen LogP contribution in [0.2, 0.25) is 0 Å². The van der Waals surface area contributed by atoms with Crippen LogP contribution in [0.4, 0.5) is 5.82 Å². The number of nitrogens with zero attached hydrogens (tertiary/aromatic N) is 3. The number of nitrogens with one attached hydrogen (secondary N) is 1. The highest BCUT2D eigenvalue weighted by molar-refractivity contribution is 5.56. The molecule has 18 heavy (non-hydrogen) atoms. The van der Waals surface area contributed by atoms with E-state index in [4.69, 9.17) is 0 Å². The number of anilines is 1. The van der Waals surface area contributed by atoms with E-state index >= 15 is 0 Å². The molecule has 96 valence electrons. The van der Waals surface area contributed by atoms with Crippen molar-refractivity contribution in [1.82, 2.24) is 10.2 Å². The van der Waals surface area contributed by atoms with Crippen molar-refractivity contribution in [2.45, 2.75) is 40.5 Å². The van der Waals surface area contributed by atoms with Crippen LogP contribution in [0.3, 0.4) is 0 Å². The minimum absolute atomic E-state index is 0.587. The van der Waals surface area contributed by atoms with E-state index in [2.05, 4.69) is 27.7 Å². The molecule has 0 aliphatic carbocycles. The number of nitriles is 1. The zero-order valence-electron chi connectivity index (χ0n) is 11.5. The fraction of sp³-hybridized carbons (Fsp3) is 0.500. The maximum atomic E-state index is 9.29. The van der Waals surface area contributed by atoms with E-state index in [0.717, 1.165) is 24.1 Å². The molecule has 1 aromatic rings. The first-order chi connectivity index (χ1) is 8.63. The predicted octanol–water partition coefficient (Wildman–Crippen LogP) is 2.85. The second kappa shape index (κ2) is 6.75. The van der Waals surface area contributed by atoms with E-state index in [1.54, 1.807) is 0 Å². The SMILES string of the molecule is CCc1nnc(NCC=C(C)C)c(C#N)c1CC. The van der Waals surface area contributed by atoms with Crippen LogP contribution >= 0.6 is 0 Å². The second-order valence-electron chi connectivity index (χ2n) is 4.33. The molecule has 0 aliphatic rings. The van der Waals surface area contributed by atoms with Crippen LogP contribution in [0.25, 0.3) is 0 Å². The monoisotopic (exact) mass is 244 g/mol. The van der Waals surface area contributed by atoms with Crippen LogP contribution in [-0.4, -0.2) is 16.7 Å². The van der Waals surface area contributed by atoms with Gasteiger partial charge < -0.3 is 5.32 Å². The van der Waals surface area contributed by atoms with Crippen molar-refractivity contribution >= 4 is 5.82 Å². The van der Waals surface area contributed by atoms with Gasteiger partial charge in [-0.1, -0.05) is 25.5 Å². The summed E-state index contributed by atoms with van der Waals surface area (Å²) in [4.78, 5) is 0. The Balaban J connectivity index is 3.06. The Kier molecular flexibility index (Phi) is 5.31. The molecule has 0 aliphatic heterocycles. The average Bonchev–Trinajstić information content (AvgIpc) is 2.37. The first kappa shape index (κ1) is 14.2. The highest BCUT2D eigenvalue weighted by Gasteiger charge is 2.13. The molecule has 0 saturated carbocycles. The van der Waals surface area contributed by atoms with Gasteiger partial charge in [-0.05, 0) is 32.3 Å². The molecular formula is C14H20N4. The van der Waals surface area contributed by atoms with Crippen molar-refractivity contribution in [1.29, 1.82) is 5.26 Å². The van der Waals surface area contributed by atoms with Crippen molar-refractivity contribution in [3.63, 3.8) is 0 Å². The highest BCUT2D eigenvalue weighted by atomic mass is 15.2. The normalized spacial score (nSPS) is 9.72. The third-order valence-corrected chi connectivity index (χ3v) is 2.74. The minimum atomic E-state index is 0.587. The van der Waals surface area contributed by atoms with Crippen LogP contribution in [0.15, 0.2) is 11.6 Å². The number of rotatable bonds is 5. The van der Waals surface area contributed by atoms with E-state index in [1.807, 2.05) is 27.7 Å². The summed E-state index contributed by atoms with van der Waals surface area (Å²) in [5.74, 6) is 0.587. The summed E-state index contributed by atoms with van der Waals surface area (Å²) in [6.07, 6.45) is 3.67. The molecule has 1 N–H and O–H groups in total. The summed E-state index contributed by atoms with van der Waals surface area (Å²) in [6, 6.07) is 2.24. The van der Waals surface area contributed by atoms with Crippen LogP contribution in [0.5, 0.6) is 0 Å². The lowest BCUT2D eigenvalue weighted by Gasteiger charge is -2.10.